The van der Waals surface area contributed by atoms with Gasteiger partial charge in [0.05, 0.1) is 12.5 Å². The van der Waals surface area contributed by atoms with Crippen molar-refractivity contribution in [1.29, 1.82) is 0 Å². The summed E-state index contributed by atoms with van der Waals surface area (Å²) in [7, 11) is 0. The van der Waals surface area contributed by atoms with Gasteiger partial charge in [-0.05, 0) is 45.4 Å². The molecule has 1 saturated heterocycles. The average molecular weight is 346 g/mol. The fourth-order valence-electron chi connectivity index (χ4n) is 3.12. The highest BCUT2D eigenvalue weighted by Crippen LogP contribution is 2.27. The molecule has 0 spiro atoms. The number of benzene rings is 1. The lowest BCUT2D eigenvalue weighted by Crippen LogP contribution is -2.43. The van der Waals surface area contributed by atoms with Crippen LogP contribution in [0, 0.1) is 5.82 Å². The summed E-state index contributed by atoms with van der Waals surface area (Å²) in [6, 6.07) is 6.28. The summed E-state index contributed by atoms with van der Waals surface area (Å²) in [4.78, 5) is 18.5. The Bertz CT molecular complexity index is 731. The van der Waals surface area contributed by atoms with Crippen molar-refractivity contribution in [3.63, 3.8) is 0 Å². The molecule has 1 unspecified atom stereocenters. The number of hydrogen-bond donors (Lipinski definition) is 1. The fraction of sp³-hybridized carbons (Fsp3) is 0.500. The van der Waals surface area contributed by atoms with E-state index >= 15 is 0 Å². The van der Waals surface area contributed by atoms with E-state index in [-0.39, 0.29) is 23.7 Å². The molecule has 6 nitrogen and oxygen atoms in total. The van der Waals surface area contributed by atoms with Crippen LogP contribution in [0.2, 0.25) is 0 Å². The molecule has 1 aliphatic rings. The summed E-state index contributed by atoms with van der Waals surface area (Å²) in [6.07, 6.45) is 1.91. The second-order valence-corrected chi connectivity index (χ2v) is 6.76. The van der Waals surface area contributed by atoms with Gasteiger partial charge in [0.15, 0.2) is 0 Å². The maximum atomic E-state index is 13.3. The van der Waals surface area contributed by atoms with Crippen LogP contribution in [0.15, 0.2) is 28.8 Å². The van der Waals surface area contributed by atoms with Gasteiger partial charge in [-0.15, -0.1) is 0 Å². The van der Waals surface area contributed by atoms with Crippen LogP contribution in [0.4, 0.5) is 4.39 Å². The minimum absolute atomic E-state index is 0.0293. The van der Waals surface area contributed by atoms with Gasteiger partial charge in [0.25, 0.3) is 0 Å². The molecule has 1 atom stereocenters. The fourth-order valence-corrected chi connectivity index (χ4v) is 3.12. The Balaban J connectivity index is 1.65. The normalized spacial score (nSPS) is 18.5. The third-order valence-electron chi connectivity index (χ3n) is 4.20. The number of hydrogen-bond acceptors (Lipinski definition) is 5. The monoisotopic (exact) mass is 346 g/mol. The molecular formula is C18H23FN4O2. The number of nitrogens with one attached hydrogen (secondary N) is 1. The second kappa shape index (κ2) is 7.74. The molecule has 1 aromatic carbocycles. The smallest absolute Gasteiger partial charge is 0.234 e. The molecule has 25 heavy (non-hydrogen) atoms. The molecule has 1 fully saturated rings. The second-order valence-electron chi connectivity index (χ2n) is 6.76. The van der Waals surface area contributed by atoms with Crippen molar-refractivity contribution in [3.05, 3.63) is 36.0 Å². The molecule has 7 heteroatoms. The van der Waals surface area contributed by atoms with Crippen molar-refractivity contribution in [2.45, 2.75) is 38.6 Å². The van der Waals surface area contributed by atoms with Crippen molar-refractivity contribution >= 4 is 5.91 Å². The van der Waals surface area contributed by atoms with Crippen molar-refractivity contribution in [3.8, 4) is 11.4 Å². The minimum atomic E-state index is -0.330. The van der Waals surface area contributed by atoms with E-state index in [2.05, 4.69) is 20.4 Å². The lowest BCUT2D eigenvalue weighted by Gasteiger charge is -2.30. The number of halogens is 1. The molecule has 1 N–H and O–H groups in total. The zero-order chi connectivity index (χ0) is 17.8. The van der Waals surface area contributed by atoms with Gasteiger partial charge in [-0.2, -0.15) is 4.98 Å². The number of rotatable bonds is 5. The standard InChI is InChI=1S/C18H23FN4O2/c1-12(2)20-16(24)11-23-8-4-6-14(10-23)18-21-17(22-25-18)13-5-3-7-15(19)9-13/h3,5,7,9,12,14H,4,6,8,10-11H2,1-2H3,(H,20,24). The molecule has 0 aliphatic carbocycles. The van der Waals surface area contributed by atoms with Gasteiger partial charge in [-0.3, -0.25) is 9.69 Å². The summed E-state index contributed by atoms with van der Waals surface area (Å²) >= 11 is 0. The Morgan fingerprint density at radius 3 is 3.08 bits per heavy atom. The number of carbonyl (C=O) groups is 1. The predicted molar refractivity (Wildman–Crippen MR) is 91.4 cm³/mol. The Hall–Kier alpha value is -2.28. The van der Waals surface area contributed by atoms with Gasteiger partial charge in [0, 0.05) is 18.2 Å². The van der Waals surface area contributed by atoms with Gasteiger partial charge in [0.1, 0.15) is 5.82 Å². The first kappa shape index (κ1) is 17.5. The minimum Gasteiger partial charge on any atom is -0.353 e. The number of carbonyl (C=O) groups excluding carboxylic acids is 1. The Morgan fingerprint density at radius 1 is 1.48 bits per heavy atom. The van der Waals surface area contributed by atoms with E-state index in [0.29, 0.717) is 30.4 Å². The zero-order valence-corrected chi connectivity index (χ0v) is 14.5. The lowest BCUT2D eigenvalue weighted by atomic mass is 9.98. The van der Waals surface area contributed by atoms with Crippen LogP contribution in [0.25, 0.3) is 11.4 Å². The molecule has 1 amide bonds. The first-order chi connectivity index (χ1) is 12.0. The summed E-state index contributed by atoms with van der Waals surface area (Å²) in [5.41, 5.74) is 0.596. The highest BCUT2D eigenvalue weighted by molar-refractivity contribution is 5.78. The molecule has 1 aliphatic heterocycles. The average Bonchev–Trinajstić information content (AvgIpc) is 3.04. The summed E-state index contributed by atoms with van der Waals surface area (Å²) in [5.74, 6) is 0.735. The van der Waals surface area contributed by atoms with Crippen LogP contribution in [0.1, 0.15) is 38.5 Å². The number of nitrogens with zero attached hydrogens (tertiary/aromatic N) is 3. The summed E-state index contributed by atoms with van der Waals surface area (Å²) in [5, 5.41) is 6.89. The van der Waals surface area contributed by atoms with Gasteiger partial charge in [-0.25, -0.2) is 4.39 Å². The van der Waals surface area contributed by atoms with E-state index in [1.807, 2.05) is 13.8 Å². The molecular weight excluding hydrogens is 323 g/mol. The third kappa shape index (κ3) is 4.63. The van der Waals surface area contributed by atoms with Gasteiger partial charge in [-0.1, -0.05) is 17.3 Å². The largest absolute Gasteiger partial charge is 0.353 e. The number of amides is 1. The van der Waals surface area contributed by atoms with Gasteiger partial charge >= 0.3 is 0 Å². The van der Waals surface area contributed by atoms with Crippen LogP contribution in [0.3, 0.4) is 0 Å². The van der Waals surface area contributed by atoms with Crippen LogP contribution in [0.5, 0.6) is 0 Å². The molecule has 0 bridgehead atoms. The van der Waals surface area contributed by atoms with E-state index in [9.17, 15) is 9.18 Å². The molecule has 0 saturated carbocycles. The van der Waals surface area contributed by atoms with Crippen molar-refractivity contribution in [1.82, 2.24) is 20.4 Å². The first-order valence-electron chi connectivity index (χ1n) is 8.62. The van der Waals surface area contributed by atoms with E-state index in [0.717, 1.165) is 19.4 Å². The molecule has 2 aromatic rings. The van der Waals surface area contributed by atoms with Crippen molar-refractivity contribution < 1.29 is 13.7 Å². The first-order valence-corrected chi connectivity index (χ1v) is 8.62. The predicted octanol–water partition coefficient (Wildman–Crippen LogP) is 2.58. The summed E-state index contributed by atoms with van der Waals surface area (Å²) < 4.78 is 18.8. The van der Waals surface area contributed by atoms with Crippen molar-refractivity contribution in [2.24, 2.45) is 0 Å². The van der Waals surface area contributed by atoms with E-state index in [1.54, 1.807) is 12.1 Å². The van der Waals surface area contributed by atoms with E-state index < -0.39 is 0 Å². The maximum absolute atomic E-state index is 13.3. The van der Waals surface area contributed by atoms with E-state index in [4.69, 9.17) is 4.52 Å². The van der Waals surface area contributed by atoms with Crippen molar-refractivity contribution in [2.75, 3.05) is 19.6 Å². The molecule has 1 aromatic heterocycles. The quantitative estimate of drug-likeness (QED) is 0.901. The Morgan fingerprint density at radius 2 is 2.32 bits per heavy atom. The lowest BCUT2D eigenvalue weighted by molar-refractivity contribution is -0.123. The van der Waals surface area contributed by atoms with Crippen LogP contribution >= 0.6 is 0 Å². The molecule has 3 rings (SSSR count). The number of aromatic nitrogens is 2. The Kier molecular flexibility index (Phi) is 5.43. The van der Waals surface area contributed by atoms with Crippen LogP contribution < -0.4 is 5.32 Å². The highest BCUT2D eigenvalue weighted by Gasteiger charge is 2.27. The molecule has 2 heterocycles. The SMILES string of the molecule is CC(C)NC(=O)CN1CCCC(c2nc(-c3cccc(F)c3)no2)C1. The number of piperidine rings is 1. The summed E-state index contributed by atoms with van der Waals surface area (Å²) in [6.45, 7) is 5.86. The van der Waals surface area contributed by atoms with E-state index in [1.165, 1.54) is 12.1 Å². The van der Waals surface area contributed by atoms with Crippen LogP contribution in [-0.4, -0.2) is 46.6 Å². The maximum Gasteiger partial charge on any atom is 0.234 e. The highest BCUT2D eigenvalue weighted by atomic mass is 19.1. The van der Waals surface area contributed by atoms with Gasteiger partial charge < -0.3 is 9.84 Å². The van der Waals surface area contributed by atoms with Crippen LogP contribution in [-0.2, 0) is 4.79 Å². The third-order valence-corrected chi connectivity index (χ3v) is 4.20. The number of likely N-dealkylation sites (tertiary alicyclic amines) is 1. The Labute approximate surface area is 146 Å². The molecule has 134 valence electrons. The molecule has 0 radical (unpaired) electrons. The topological polar surface area (TPSA) is 71.3 Å². The van der Waals surface area contributed by atoms with Gasteiger partial charge in [0.2, 0.25) is 17.6 Å². The zero-order valence-electron chi connectivity index (χ0n) is 14.5.